The summed E-state index contributed by atoms with van der Waals surface area (Å²) in [5.74, 6) is 0.369. The number of aryl methyl sites for hydroxylation is 1. The second kappa shape index (κ2) is 12.2. The number of rotatable bonds is 9. The fourth-order valence-electron chi connectivity index (χ4n) is 4.30. The molecule has 7 nitrogen and oxygen atoms in total. The third kappa shape index (κ3) is 5.64. The molecule has 0 radical (unpaired) electrons. The van der Waals surface area contributed by atoms with Crippen LogP contribution in [-0.2, 0) is 6.54 Å². The minimum atomic E-state index is -0.449. The summed E-state index contributed by atoms with van der Waals surface area (Å²) in [5.41, 5.74) is 8.64. The van der Waals surface area contributed by atoms with Crippen LogP contribution in [0.3, 0.4) is 0 Å². The van der Waals surface area contributed by atoms with Crippen molar-refractivity contribution in [3.63, 3.8) is 0 Å². The number of nitrogens with two attached hydrogens (primary N) is 1. The lowest BCUT2D eigenvalue weighted by atomic mass is 10.1. The van der Waals surface area contributed by atoms with E-state index >= 15 is 0 Å². The Balaban J connectivity index is 0.00000361. The molecule has 0 aliphatic heterocycles. The van der Waals surface area contributed by atoms with E-state index in [4.69, 9.17) is 22.4 Å². The summed E-state index contributed by atoms with van der Waals surface area (Å²) in [4.78, 5) is 29.1. The zero-order chi connectivity index (χ0) is 24.9. The molecular weight excluding hydrogens is 497 g/mol. The van der Waals surface area contributed by atoms with Gasteiger partial charge in [-0.25, -0.2) is 4.52 Å². The summed E-state index contributed by atoms with van der Waals surface area (Å²) in [6, 6.07) is 20.1. The molecule has 4 aromatic rings. The number of carbonyl (C=O) groups is 1. The maximum absolute atomic E-state index is 13.7. The number of amides is 1. The number of benzene rings is 2. The summed E-state index contributed by atoms with van der Waals surface area (Å²) in [5, 5.41) is 5.15. The lowest BCUT2D eigenvalue weighted by Crippen LogP contribution is -2.40. The number of aromatic nitrogens is 3. The molecule has 0 aliphatic rings. The van der Waals surface area contributed by atoms with Crippen LogP contribution in [-0.4, -0.2) is 38.1 Å². The van der Waals surface area contributed by atoms with Gasteiger partial charge < -0.3 is 10.6 Å². The van der Waals surface area contributed by atoms with Crippen LogP contribution in [0.1, 0.15) is 53.1 Å². The van der Waals surface area contributed by atoms with Crippen molar-refractivity contribution in [1.82, 2.24) is 19.1 Å². The van der Waals surface area contributed by atoms with Gasteiger partial charge in [-0.2, -0.15) is 5.10 Å². The van der Waals surface area contributed by atoms with Crippen LogP contribution in [0.2, 0.25) is 5.15 Å². The molecule has 0 spiro atoms. The number of fused-ring (bicyclic) bond motifs is 1. The van der Waals surface area contributed by atoms with Crippen molar-refractivity contribution in [3.8, 4) is 0 Å². The van der Waals surface area contributed by atoms with Gasteiger partial charge in [-0.15, -0.1) is 12.4 Å². The highest BCUT2D eigenvalue weighted by Crippen LogP contribution is 2.26. The monoisotopic (exact) mass is 527 g/mol. The molecule has 36 heavy (non-hydrogen) atoms. The van der Waals surface area contributed by atoms with Crippen LogP contribution in [0.15, 0.2) is 71.5 Å². The maximum Gasteiger partial charge on any atom is 0.278 e. The standard InChI is InChI=1S/C27H30ClN5O2.ClH/c1-3-22(31(17-7-16-29)26(34)21-12-10-19(2)11-13-21)25-30-33-23(14-15-24(33)28)27(35)32(25)18-20-8-5-4-6-9-20;/h4-6,8-15,22H,3,7,16-18,29H2,1-2H3;1H. The van der Waals surface area contributed by atoms with Crippen molar-refractivity contribution in [1.29, 1.82) is 0 Å². The van der Waals surface area contributed by atoms with Crippen LogP contribution in [0.4, 0.5) is 0 Å². The molecule has 1 unspecified atom stereocenters. The Morgan fingerprint density at radius 1 is 1.08 bits per heavy atom. The van der Waals surface area contributed by atoms with Gasteiger partial charge in [0.2, 0.25) is 0 Å². The van der Waals surface area contributed by atoms with Crippen molar-refractivity contribution in [2.45, 2.75) is 39.3 Å². The van der Waals surface area contributed by atoms with Gasteiger partial charge in [-0.3, -0.25) is 14.2 Å². The Kier molecular flexibility index (Phi) is 9.31. The molecule has 0 fully saturated rings. The summed E-state index contributed by atoms with van der Waals surface area (Å²) < 4.78 is 3.12. The summed E-state index contributed by atoms with van der Waals surface area (Å²) in [7, 11) is 0. The van der Waals surface area contributed by atoms with Crippen molar-refractivity contribution in [2.75, 3.05) is 13.1 Å². The van der Waals surface area contributed by atoms with Crippen molar-refractivity contribution in [3.05, 3.63) is 105 Å². The van der Waals surface area contributed by atoms with Gasteiger partial charge in [0.1, 0.15) is 10.7 Å². The van der Waals surface area contributed by atoms with Gasteiger partial charge >= 0.3 is 0 Å². The minimum Gasteiger partial charge on any atom is -0.330 e. The van der Waals surface area contributed by atoms with Crippen molar-refractivity contribution < 1.29 is 4.79 Å². The number of halogens is 2. The summed E-state index contributed by atoms with van der Waals surface area (Å²) in [6.07, 6.45) is 1.19. The van der Waals surface area contributed by atoms with E-state index in [1.54, 1.807) is 21.6 Å². The molecule has 2 N–H and O–H groups in total. The van der Waals surface area contributed by atoms with Crippen LogP contribution in [0.5, 0.6) is 0 Å². The lowest BCUT2D eigenvalue weighted by molar-refractivity contribution is 0.0654. The summed E-state index contributed by atoms with van der Waals surface area (Å²) in [6.45, 7) is 5.20. The number of hydrogen-bond donors (Lipinski definition) is 1. The van der Waals surface area contributed by atoms with Gasteiger partial charge in [0.05, 0.1) is 12.6 Å². The first-order valence-electron chi connectivity index (χ1n) is 11.8. The van der Waals surface area contributed by atoms with Gasteiger partial charge in [0.15, 0.2) is 5.82 Å². The normalized spacial score (nSPS) is 11.8. The first-order valence-corrected chi connectivity index (χ1v) is 12.2. The van der Waals surface area contributed by atoms with Gasteiger partial charge in [0.25, 0.3) is 11.5 Å². The molecule has 9 heteroatoms. The van der Waals surface area contributed by atoms with Crippen molar-refractivity contribution in [2.24, 2.45) is 5.73 Å². The first-order chi connectivity index (χ1) is 16.9. The van der Waals surface area contributed by atoms with E-state index in [0.717, 1.165) is 11.1 Å². The smallest absolute Gasteiger partial charge is 0.278 e. The molecule has 0 aliphatic carbocycles. The Morgan fingerprint density at radius 2 is 1.78 bits per heavy atom. The second-order valence-corrected chi connectivity index (χ2v) is 9.01. The first kappa shape index (κ1) is 27.5. The van der Waals surface area contributed by atoms with E-state index in [9.17, 15) is 9.59 Å². The molecule has 0 saturated carbocycles. The zero-order valence-electron chi connectivity index (χ0n) is 20.4. The van der Waals surface area contributed by atoms with E-state index in [0.29, 0.717) is 54.5 Å². The minimum absolute atomic E-state index is 0. The van der Waals surface area contributed by atoms with E-state index in [1.807, 2.05) is 68.4 Å². The Morgan fingerprint density at radius 3 is 2.42 bits per heavy atom. The third-order valence-corrected chi connectivity index (χ3v) is 6.45. The molecule has 2 aromatic carbocycles. The average Bonchev–Trinajstić information content (AvgIpc) is 3.25. The lowest BCUT2D eigenvalue weighted by Gasteiger charge is -2.32. The molecule has 4 rings (SSSR count). The highest BCUT2D eigenvalue weighted by Gasteiger charge is 2.29. The molecule has 0 saturated heterocycles. The highest BCUT2D eigenvalue weighted by atomic mass is 35.5. The van der Waals surface area contributed by atoms with E-state index in [-0.39, 0.29) is 23.9 Å². The van der Waals surface area contributed by atoms with E-state index in [2.05, 4.69) is 0 Å². The zero-order valence-corrected chi connectivity index (χ0v) is 22.0. The molecule has 2 heterocycles. The number of carbonyl (C=O) groups excluding carboxylic acids is 1. The number of hydrogen-bond acceptors (Lipinski definition) is 4. The topological polar surface area (TPSA) is 85.6 Å². The van der Waals surface area contributed by atoms with Crippen LogP contribution >= 0.6 is 24.0 Å². The second-order valence-electron chi connectivity index (χ2n) is 8.62. The Hall–Kier alpha value is -3.13. The molecular formula is C27H31Cl2N5O2. The Bertz CT molecular complexity index is 1370. The largest absolute Gasteiger partial charge is 0.330 e. The predicted octanol–water partition coefficient (Wildman–Crippen LogP) is 4.87. The Labute approximate surface area is 221 Å². The fraction of sp³-hybridized carbons (Fsp3) is 0.296. The summed E-state index contributed by atoms with van der Waals surface area (Å²) >= 11 is 6.37. The van der Waals surface area contributed by atoms with E-state index < -0.39 is 6.04 Å². The molecule has 1 amide bonds. The predicted molar refractivity (Wildman–Crippen MR) is 146 cm³/mol. The van der Waals surface area contributed by atoms with Crippen LogP contribution in [0, 0.1) is 6.92 Å². The molecule has 2 aromatic heterocycles. The SMILES string of the molecule is CCC(c1nn2c(Cl)ccc2c(=O)n1Cc1ccccc1)N(CCCN)C(=O)c1ccc(C)cc1.Cl. The quantitative estimate of drug-likeness (QED) is 0.336. The van der Waals surface area contributed by atoms with E-state index in [1.165, 1.54) is 4.52 Å². The molecule has 0 bridgehead atoms. The van der Waals surface area contributed by atoms with Gasteiger partial charge in [0, 0.05) is 12.1 Å². The average molecular weight is 528 g/mol. The van der Waals surface area contributed by atoms with Crippen LogP contribution < -0.4 is 11.3 Å². The molecule has 190 valence electrons. The van der Waals surface area contributed by atoms with Crippen molar-refractivity contribution >= 4 is 35.4 Å². The highest BCUT2D eigenvalue weighted by molar-refractivity contribution is 6.29. The van der Waals surface area contributed by atoms with Gasteiger partial charge in [-0.1, -0.05) is 66.6 Å². The third-order valence-electron chi connectivity index (χ3n) is 6.16. The van der Waals surface area contributed by atoms with Gasteiger partial charge in [-0.05, 0) is 56.1 Å². The molecule has 1 atom stereocenters. The maximum atomic E-state index is 13.7. The fourth-order valence-corrected chi connectivity index (χ4v) is 4.49. The van der Waals surface area contributed by atoms with Crippen LogP contribution in [0.25, 0.3) is 5.52 Å². The number of nitrogens with zero attached hydrogens (tertiary/aromatic N) is 4.